The molecule has 1 heterocycles. The Balaban J connectivity index is 2.58. The van der Waals surface area contributed by atoms with Gasteiger partial charge < -0.3 is 25.4 Å². The number of ether oxygens (including phenoxy) is 1. The number of aliphatic hydroxyl groups excluding tert-OH is 3. The Bertz CT molecular complexity index is 197. The van der Waals surface area contributed by atoms with E-state index in [0.29, 0.717) is 0 Å². The van der Waals surface area contributed by atoms with E-state index in [1.807, 2.05) is 0 Å². The maximum atomic E-state index is 10.6. The molecule has 0 aliphatic carbocycles. The van der Waals surface area contributed by atoms with Gasteiger partial charge in [-0.3, -0.25) is 4.79 Å². The van der Waals surface area contributed by atoms with E-state index in [1.165, 1.54) is 6.92 Å². The van der Waals surface area contributed by atoms with Gasteiger partial charge in [0.25, 0.3) is 0 Å². The number of carbonyl (C=O) groups excluding carboxylic acids is 1. The molecule has 13 heavy (non-hydrogen) atoms. The zero-order valence-corrected chi connectivity index (χ0v) is 7.17. The van der Waals surface area contributed by atoms with Crippen molar-refractivity contribution in [1.82, 2.24) is 5.32 Å². The second-order valence-corrected chi connectivity index (χ2v) is 2.96. The molecule has 4 atom stereocenters. The Morgan fingerprint density at radius 2 is 2.15 bits per heavy atom. The molecular formula is C7H13NO5. The van der Waals surface area contributed by atoms with Crippen LogP contribution in [0.4, 0.5) is 0 Å². The van der Waals surface area contributed by atoms with Crippen molar-refractivity contribution in [2.45, 2.75) is 31.5 Å². The number of hydrogen-bond acceptors (Lipinski definition) is 5. The molecule has 0 aromatic rings. The predicted octanol–water partition coefficient (Wildman–Crippen LogP) is -2.44. The minimum atomic E-state index is -1.27. The summed E-state index contributed by atoms with van der Waals surface area (Å²) in [5.41, 5.74) is 0. The Kier molecular flexibility index (Phi) is 3.21. The van der Waals surface area contributed by atoms with E-state index in [0.717, 1.165) is 0 Å². The Labute approximate surface area is 75.1 Å². The van der Waals surface area contributed by atoms with Crippen molar-refractivity contribution < 1.29 is 24.9 Å². The monoisotopic (exact) mass is 191 g/mol. The summed E-state index contributed by atoms with van der Waals surface area (Å²) in [6, 6.07) is -0.866. The summed E-state index contributed by atoms with van der Waals surface area (Å²) in [5, 5.41) is 29.6. The van der Waals surface area contributed by atoms with Gasteiger partial charge in [0.2, 0.25) is 5.91 Å². The van der Waals surface area contributed by atoms with Crippen LogP contribution in [0.5, 0.6) is 0 Å². The normalized spacial score (nSPS) is 39.1. The van der Waals surface area contributed by atoms with Gasteiger partial charge in [-0.15, -0.1) is 0 Å². The summed E-state index contributed by atoms with van der Waals surface area (Å²) in [7, 11) is 0. The standard InChI is InChI=1S/C7H13NO5/c1-3(10)8-5-6(11)4(2-9)13-7(5)12/h4-7,9,11-12H,2H2,1H3,(H,8,10)/t4-,5-,6+,7-/m1/s1. The fraction of sp³-hybridized carbons (Fsp3) is 0.857. The molecule has 6 nitrogen and oxygen atoms in total. The van der Waals surface area contributed by atoms with E-state index in [9.17, 15) is 15.0 Å². The molecule has 0 saturated carbocycles. The van der Waals surface area contributed by atoms with Crippen LogP contribution in [0.3, 0.4) is 0 Å². The van der Waals surface area contributed by atoms with Gasteiger partial charge in [-0.1, -0.05) is 0 Å². The third-order valence-electron chi connectivity index (χ3n) is 1.92. The zero-order valence-electron chi connectivity index (χ0n) is 7.17. The Hall–Kier alpha value is -0.690. The van der Waals surface area contributed by atoms with Crippen molar-refractivity contribution in [2.75, 3.05) is 6.61 Å². The van der Waals surface area contributed by atoms with Crippen molar-refractivity contribution in [3.8, 4) is 0 Å². The fourth-order valence-electron chi connectivity index (χ4n) is 1.29. The molecule has 0 radical (unpaired) electrons. The summed E-state index contributed by atoms with van der Waals surface area (Å²) in [5.74, 6) is -0.370. The van der Waals surface area contributed by atoms with E-state index in [4.69, 9.17) is 9.84 Å². The SMILES string of the molecule is CC(=O)N[C@@H]1[C@@H](O)[C@@H](CO)O[C@H]1O. The molecule has 0 aromatic heterocycles. The molecule has 0 aromatic carbocycles. The highest BCUT2D eigenvalue weighted by Crippen LogP contribution is 2.18. The number of aliphatic hydroxyl groups is 3. The van der Waals surface area contributed by atoms with Crippen LogP contribution in [-0.4, -0.2) is 52.4 Å². The van der Waals surface area contributed by atoms with Crippen molar-refractivity contribution in [3.63, 3.8) is 0 Å². The molecule has 1 amide bonds. The van der Waals surface area contributed by atoms with E-state index >= 15 is 0 Å². The summed E-state index contributed by atoms with van der Waals surface area (Å²) in [6.07, 6.45) is -3.19. The van der Waals surface area contributed by atoms with E-state index in [2.05, 4.69) is 5.32 Å². The van der Waals surface area contributed by atoms with Crippen molar-refractivity contribution in [3.05, 3.63) is 0 Å². The maximum Gasteiger partial charge on any atom is 0.217 e. The van der Waals surface area contributed by atoms with Gasteiger partial charge in [0, 0.05) is 6.92 Å². The van der Waals surface area contributed by atoms with Crippen LogP contribution in [0.15, 0.2) is 0 Å². The van der Waals surface area contributed by atoms with Gasteiger partial charge in [0.1, 0.15) is 18.2 Å². The van der Waals surface area contributed by atoms with Crippen LogP contribution >= 0.6 is 0 Å². The first-order valence-electron chi connectivity index (χ1n) is 3.96. The first kappa shape index (κ1) is 10.4. The van der Waals surface area contributed by atoms with E-state index < -0.39 is 31.1 Å². The van der Waals surface area contributed by atoms with Gasteiger partial charge in [-0.05, 0) is 0 Å². The largest absolute Gasteiger partial charge is 0.394 e. The third kappa shape index (κ3) is 2.16. The van der Waals surface area contributed by atoms with Gasteiger partial charge in [0.05, 0.1) is 6.61 Å². The molecule has 1 saturated heterocycles. The minimum absolute atomic E-state index is 0.370. The lowest BCUT2D eigenvalue weighted by Crippen LogP contribution is -2.47. The molecular weight excluding hydrogens is 178 g/mol. The van der Waals surface area contributed by atoms with Crippen molar-refractivity contribution >= 4 is 5.91 Å². The summed E-state index contributed by atoms with van der Waals surface area (Å²) in [4.78, 5) is 10.6. The predicted molar refractivity (Wildman–Crippen MR) is 41.6 cm³/mol. The fourth-order valence-corrected chi connectivity index (χ4v) is 1.29. The lowest BCUT2D eigenvalue weighted by molar-refractivity contribution is -0.127. The first-order chi connectivity index (χ1) is 6.06. The Morgan fingerprint density at radius 1 is 1.54 bits per heavy atom. The highest BCUT2D eigenvalue weighted by Gasteiger charge is 2.42. The molecule has 4 N–H and O–H groups in total. The van der Waals surface area contributed by atoms with Gasteiger partial charge in [-0.25, -0.2) is 0 Å². The second-order valence-electron chi connectivity index (χ2n) is 2.96. The molecule has 0 bridgehead atoms. The summed E-state index contributed by atoms with van der Waals surface area (Å²) >= 11 is 0. The van der Waals surface area contributed by atoms with E-state index in [1.54, 1.807) is 0 Å². The average molecular weight is 191 g/mol. The highest BCUT2D eigenvalue weighted by atomic mass is 16.6. The molecule has 1 aliphatic heterocycles. The van der Waals surface area contributed by atoms with Crippen LogP contribution in [0, 0.1) is 0 Å². The molecule has 6 heteroatoms. The molecule has 1 aliphatic rings. The molecule has 76 valence electrons. The highest BCUT2D eigenvalue weighted by molar-refractivity contribution is 5.73. The number of rotatable bonds is 2. The van der Waals surface area contributed by atoms with Gasteiger partial charge in [0.15, 0.2) is 6.29 Å². The van der Waals surface area contributed by atoms with Gasteiger partial charge in [-0.2, -0.15) is 0 Å². The first-order valence-corrected chi connectivity index (χ1v) is 3.96. The lowest BCUT2D eigenvalue weighted by Gasteiger charge is -2.17. The maximum absolute atomic E-state index is 10.6. The van der Waals surface area contributed by atoms with Crippen LogP contribution in [0.25, 0.3) is 0 Å². The number of hydrogen-bond donors (Lipinski definition) is 4. The minimum Gasteiger partial charge on any atom is -0.394 e. The molecule has 0 unspecified atom stereocenters. The average Bonchev–Trinajstić information content (AvgIpc) is 2.31. The summed E-state index contributed by atoms with van der Waals surface area (Å²) in [6.45, 7) is 0.875. The number of carbonyl (C=O) groups is 1. The van der Waals surface area contributed by atoms with Crippen molar-refractivity contribution in [2.24, 2.45) is 0 Å². The van der Waals surface area contributed by atoms with Crippen molar-refractivity contribution in [1.29, 1.82) is 0 Å². The molecule has 0 spiro atoms. The van der Waals surface area contributed by atoms with Crippen LogP contribution in [0.1, 0.15) is 6.92 Å². The second kappa shape index (κ2) is 4.01. The van der Waals surface area contributed by atoms with Gasteiger partial charge >= 0.3 is 0 Å². The molecule has 1 fully saturated rings. The topological polar surface area (TPSA) is 99.0 Å². The Morgan fingerprint density at radius 3 is 2.54 bits per heavy atom. The summed E-state index contributed by atoms with van der Waals surface area (Å²) < 4.78 is 4.78. The van der Waals surface area contributed by atoms with Crippen LogP contribution < -0.4 is 5.32 Å². The zero-order chi connectivity index (χ0) is 10.0. The van der Waals surface area contributed by atoms with Crippen LogP contribution in [-0.2, 0) is 9.53 Å². The van der Waals surface area contributed by atoms with Crippen LogP contribution in [0.2, 0.25) is 0 Å². The quantitative estimate of drug-likeness (QED) is 0.388. The number of nitrogens with one attached hydrogen (secondary N) is 1. The molecule has 1 rings (SSSR count). The van der Waals surface area contributed by atoms with E-state index in [-0.39, 0.29) is 5.91 Å². The lowest BCUT2D eigenvalue weighted by atomic mass is 10.1. The number of amides is 1. The smallest absolute Gasteiger partial charge is 0.217 e. The third-order valence-corrected chi connectivity index (χ3v) is 1.92.